The number of thiophene rings is 1. The molecule has 2 heterocycles. The Bertz CT molecular complexity index is 635. The van der Waals surface area contributed by atoms with Gasteiger partial charge in [0.15, 0.2) is 0 Å². The summed E-state index contributed by atoms with van der Waals surface area (Å²) in [6.45, 7) is 2.46. The van der Waals surface area contributed by atoms with Crippen molar-refractivity contribution >= 4 is 17.2 Å². The number of hydrogen-bond acceptors (Lipinski definition) is 3. The van der Waals surface area contributed by atoms with Crippen molar-refractivity contribution in [1.29, 1.82) is 0 Å². The average Bonchev–Trinajstić information content (AvgIpc) is 3.00. The summed E-state index contributed by atoms with van der Waals surface area (Å²) in [5, 5.41) is 5.27. The van der Waals surface area contributed by atoms with E-state index < -0.39 is 0 Å². The summed E-state index contributed by atoms with van der Waals surface area (Å²) in [5.74, 6) is 0.165. The number of benzene rings is 1. The van der Waals surface area contributed by atoms with Crippen LogP contribution in [0.15, 0.2) is 35.7 Å². The van der Waals surface area contributed by atoms with Crippen molar-refractivity contribution in [2.45, 2.75) is 19.4 Å². The molecule has 0 spiro atoms. The second kappa shape index (κ2) is 6.41. The lowest BCUT2D eigenvalue weighted by atomic mass is 10.0. The van der Waals surface area contributed by atoms with Gasteiger partial charge in [0.05, 0.1) is 0 Å². The van der Waals surface area contributed by atoms with E-state index in [0.717, 1.165) is 43.6 Å². The molecule has 0 atom stereocenters. The summed E-state index contributed by atoms with van der Waals surface area (Å²) in [6.07, 6.45) is 1.87. The molecule has 3 nitrogen and oxygen atoms in total. The van der Waals surface area contributed by atoms with E-state index in [1.165, 1.54) is 10.4 Å². The number of carbonyl (C=O) groups excluding carboxylic acids is 1. The fourth-order valence-electron chi connectivity index (χ4n) is 2.80. The van der Waals surface area contributed by atoms with Gasteiger partial charge in [0.25, 0.3) is 5.91 Å². The molecule has 0 aliphatic carbocycles. The van der Waals surface area contributed by atoms with Crippen LogP contribution in [0.2, 0.25) is 0 Å². The highest BCUT2D eigenvalue weighted by molar-refractivity contribution is 7.10. The van der Waals surface area contributed by atoms with Gasteiger partial charge in [-0.15, -0.1) is 11.3 Å². The number of hydrogen-bond donors (Lipinski definition) is 1. The van der Waals surface area contributed by atoms with Gasteiger partial charge < -0.3 is 10.2 Å². The molecule has 4 heteroatoms. The Balaban J connectivity index is 1.80. The molecule has 0 radical (unpaired) electrons. The van der Waals surface area contributed by atoms with E-state index in [-0.39, 0.29) is 5.91 Å². The maximum Gasteiger partial charge on any atom is 0.254 e. The van der Waals surface area contributed by atoms with Crippen LogP contribution >= 0.6 is 11.3 Å². The first-order valence-electron chi connectivity index (χ1n) is 7.36. The molecule has 1 aromatic carbocycles. The fourth-order valence-corrected chi connectivity index (χ4v) is 3.69. The highest BCUT2D eigenvalue weighted by Gasteiger charge is 2.23. The number of carbonyl (C=O) groups is 1. The van der Waals surface area contributed by atoms with Crippen molar-refractivity contribution in [2.75, 3.05) is 20.1 Å². The third-order valence-electron chi connectivity index (χ3n) is 3.99. The molecular weight excluding hydrogens is 280 g/mol. The van der Waals surface area contributed by atoms with Crippen LogP contribution in [-0.2, 0) is 19.4 Å². The molecule has 1 aromatic heterocycles. The molecule has 3 rings (SSSR count). The van der Waals surface area contributed by atoms with Crippen molar-refractivity contribution in [3.05, 3.63) is 57.3 Å². The smallest absolute Gasteiger partial charge is 0.254 e. The van der Waals surface area contributed by atoms with Crippen LogP contribution in [0.3, 0.4) is 0 Å². The van der Waals surface area contributed by atoms with Gasteiger partial charge >= 0.3 is 0 Å². The molecule has 0 saturated heterocycles. The number of nitrogens with zero attached hydrogens (tertiary/aromatic N) is 1. The fraction of sp³-hybridized carbons (Fsp3) is 0.353. The predicted molar refractivity (Wildman–Crippen MR) is 86.8 cm³/mol. The standard InChI is InChI=1S/C17H20N2OS/c1-18-9-6-13-4-2-3-5-15(13)17(20)19-10-7-16-14(12-19)8-11-21-16/h2-5,8,11,18H,6-7,9-10,12H2,1H3. The Morgan fingerprint density at radius 3 is 3.05 bits per heavy atom. The third kappa shape index (κ3) is 3.01. The van der Waals surface area contributed by atoms with Gasteiger partial charge in [-0.2, -0.15) is 0 Å². The zero-order valence-corrected chi connectivity index (χ0v) is 13.1. The van der Waals surface area contributed by atoms with E-state index >= 15 is 0 Å². The van der Waals surface area contributed by atoms with Crippen molar-refractivity contribution in [2.24, 2.45) is 0 Å². The highest BCUT2D eigenvalue weighted by atomic mass is 32.1. The number of fused-ring (bicyclic) bond motifs is 1. The van der Waals surface area contributed by atoms with Crippen LogP contribution in [0.5, 0.6) is 0 Å². The summed E-state index contributed by atoms with van der Waals surface area (Å²) in [4.78, 5) is 16.2. The summed E-state index contributed by atoms with van der Waals surface area (Å²) in [7, 11) is 1.94. The Labute approximate surface area is 129 Å². The second-order valence-electron chi connectivity index (χ2n) is 5.36. The SMILES string of the molecule is CNCCc1ccccc1C(=O)N1CCc2sccc2C1. The number of nitrogens with one attached hydrogen (secondary N) is 1. The molecule has 0 bridgehead atoms. The van der Waals surface area contributed by atoms with Gasteiger partial charge in [0.2, 0.25) is 0 Å². The van der Waals surface area contributed by atoms with Gasteiger partial charge in [-0.25, -0.2) is 0 Å². The number of likely N-dealkylation sites (N-methyl/N-ethyl adjacent to an activating group) is 1. The maximum absolute atomic E-state index is 12.8. The van der Waals surface area contributed by atoms with E-state index in [1.807, 2.05) is 30.1 Å². The zero-order chi connectivity index (χ0) is 14.7. The van der Waals surface area contributed by atoms with Crippen molar-refractivity contribution in [3.8, 4) is 0 Å². The first kappa shape index (κ1) is 14.3. The molecule has 0 fully saturated rings. The average molecular weight is 300 g/mol. The third-order valence-corrected chi connectivity index (χ3v) is 5.01. The minimum atomic E-state index is 0.165. The summed E-state index contributed by atoms with van der Waals surface area (Å²) >= 11 is 1.80. The predicted octanol–water partition coefficient (Wildman–Crippen LogP) is 2.71. The molecule has 1 aliphatic heterocycles. The number of rotatable bonds is 4. The zero-order valence-electron chi connectivity index (χ0n) is 12.3. The quantitative estimate of drug-likeness (QED) is 0.941. The molecular formula is C17H20N2OS. The van der Waals surface area contributed by atoms with Gasteiger partial charge in [0.1, 0.15) is 0 Å². The van der Waals surface area contributed by atoms with E-state index in [4.69, 9.17) is 0 Å². The molecule has 0 unspecified atom stereocenters. The Hall–Kier alpha value is -1.65. The molecule has 1 amide bonds. The largest absolute Gasteiger partial charge is 0.334 e. The summed E-state index contributed by atoms with van der Waals surface area (Å²) < 4.78 is 0. The van der Waals surface area contributed by atoms with Crippen molar-refractivity contribution in [1.82, 2.24) is 10.2 Å². The molecule has 21 heavy (non-hydrogen) atoms. The van der Waals surface area contributed by atoms with Crippen LogP contribution in [0.25, 0.3) is 0 Å². The molecule has 0 saturated carbocycles. The Kier molecular flexibility index (Phi) is 4.36. The molecule has 110 valence electrons. The lowest BCUT2D eigenvalue weighted by Crippen LogP contribution is -2.36. The van der Waals surface area contributed by atoms with E-state index in [2.05, 4.69) is 22.8 Å². The van der Waals surface area contributed by atoms with E-state index in [9.17, 15) is 4.79 Å². The Morgan fingerprint density at radius 2 is 2.19 bits per heavy atom. The van der Waals surface area contributed by atoms with E-state index in [1.54, 1.807) is 11.3 Å². The lowest BCUT2D eigenvalue weighted by molar-refractivity contribution is 0.0735. The normalized spacial score (nSPS) is 14.0. The van der Waals surface area contributed by atoms with Gasteiger partial charge in [-0.3, -0.25) is 4.79 Å². The summed E-state index contributed by atoms with van der Waals surface area (Å²) in [5.41, 5.74) is 3.30. The van der Waals surface area contributed by atoms with Gasteiger partial charge in [-0.1, -0.05) is 18.2 Å². The molecule has 1 N–H and O–H groups in total. The monoisotopic (exact) mass is 300 g/mol. The van der Waals surface area contributed by atoms with Crippen LogP contribution in [0, 0.1) is 0 Å². The summed E-state index contributed by atoms with van der Waals surface area (Å²) in [6, 6.07) is 10.1. The minimum Gasteiger partial charge on any atom is -0.334 e. The van der Waals surface area contributed by atoms with Gasteiger partial charge in [0, 0.05) is 23.5 Å². The van der Waals surface area contributed by atoms with Gasteiger partial charge in [-0.05, 0) is 55.1 Å². The second-order valence-corrected chi connectivity index (χ2v) is 6.36. The topological polar surface area (TPSA) is 32.3 Å². The maximum atomic E-state index is 12.8. The van der Waals surface area contributed by atoms with E-state index in [0.29, 0.717) is 0 Å². The molecule has 1 aliphatic rings. The highest BCUT2D eigenvalue weighted by Crippen LogP contribution is 2.25. The van der Waals surface area contributed by atoms with Crippen molar-refractivity contribution < 1.29 is 4.79 Å². The van der Waals surface area contributed by atoms with Crippen molar-refractivity contribution in [3.63, 3.8) is 0 Å². The first-order valence-corrected chi connectivity index (χ1v) is 8.24. The Morgan fingerprint density at radius 1 is 1.33 bits per heavy atom. The minimum absolute atomic E-state index is 0.165. The molecule has 2 aromatic rings. The van der Waals surface area contributed by atoms with Crippen LogP contribution < -0.4 is 5.32 Å². The lowest BCUT2D eigenvalue weighted by Gasteiger charge is -2.27. The van der Waals surface area contributed by atoms with Crippen LogP contribution in [-0.4, -0.2) is 30.9 Å². The van der Waals surface area contributed by atoms with Crippen LogP contribution in [0.1, 0.15) is 26.4 Å². The first-order chi connectivity index (χ1) is 10.3. The van der Waals surface area contributed by atoms with Crippen LogP contribution in [0.4, 0.5) is 0 Å². The number of amides is 1.